The average Bonchev–Trinajstić information content (AvgIpc) is 2.40. The average molecular weight is 251 g/mol. The Hall–Kier alpha value is -2.06. The molecule has 17 heavy (non-hydrogen) atoms. The van der Waals surface area contributed by atoms with Crippen LogP contribution in [0.2, 0.25) is 0 Å². The van der Waals surface area contributed by atoms with E-state index in [-0.39, 0.29) is 5.82 Å². The molecular formula is C8H8F3N3O3. The number of nitrogens with one attached hydrogen (secondary N) is 1. The molecule has 9 heteroatoms. The molecule has 0 bridgehead atoms. The molecule has 1 amide bonds. The molecule has 0 aliphatic rings. The molecule has 1 aromatic rings. The van der Waals surface area contributed by atoms with Crippen molar-refractivity contribution in [1.29, 1.82) is 0 Å². The molecule has 0 unspecified atom stereocenters. The fourth-order valence-corrected chi connectivity index (χ4v) is 1.12. The summed E-state index contributed by atoms with van der Waals surface area (Å²) in [5.41, 5.74) is -0.514. The number of rotatable bonds is 2. The number of aromatic carboxylic acids is 1. The Morgan fingerprint density at radius 3 is 2.35 bits per heavy atom. The topological polar surface area (TPSA) is 84.2 Å². The van der Waals surface area contributed by atoms with Gasteiger partial charge in [0, 0.05) is 7.05 Å². The number of aryl methyl sites for hydroxylation is 1. The predicted molar refractivity (Wildman–Crippen MR) is 49.6 cm³/mol. The zero-order valence-electron chi connectivity index (χ0n) is 8.79. The second-order valence-electron chi connectivity index (χ2n) is 3.17. The van der Waals surface area contributed by atoms with Crippen molar-refractivity contribution in [3.63, 3.8) is 0 Å². The van der Waals surface area contributed by atoms with Gasteiger partial charge in [0.2, 0.25) is 0 Å². The first kappa shape index (κ1) is 13.0. The van der Waals surface area contributed by atoms with Crippen molar-refractivity contribution in [2.75, 3.05) is 5.32 Å². The molecule has 2 N–H and O–H groups in total. The number of carboxylic acids is 1. The molecule has 1 heterocycles. The standard InChI is InChI=1S/C8H8F3N3O3/c1-3-12-5(4(6(15)16)14(3)2)13-7(17)8(9,10)11/h1-2H3,(H,13,17)(H,15,16). The Bertz CT molecular complexity index is 478. The van der Waals surface area contributed by atoms with Crippen molar-refractivity contribution in [2.45, 2.75) is 13.1 Å². The van der Waals surface area contributed by atoms with Crippen LogP contribution in [0.15, 0.2) is 0 Å². The fourth-order valence-electron chi connectivity index (χ4n) is 1.12. The number of carboxylic acid groups (broad SMARTS) is 1. The minimum Gasteiger partial charge on any atom is -0.476 e. The quantitative estimate of drug-likeness (QED) is 0.818. The van der Waals surface area contributed by atoms with Gasteiger partial charge in [0.05, 0.1) is 0 Å². The Morgan fingerprint density at radius 2 is 1.94 bits per heavy atom. The van der Waals surface area contributed by atoms with Crippen molar-refractivity contribution in [1.82, 2.24) is 9.55 Å². The Kier molecular flexibility index (Phi) is 3.12. The molecule has 1 rings (SSSR count). The predicted octanol–water partition coefficient (Wildman–Crippen LogP) is 0.928. The van der Waals surface area contributed by atoms with Crippen LogP contribution < -0.4 is 5.32 Å². The van der Waals surface area contributed by atoms with Crippen LogP contribution in [0.4, 0.5) is 19.0 Å². The molecule has 0 aromatic carbocycles. The molecule has 0 spiro atoms. The van der Waals surface area contributed by atoms with Gasteiger partial charge in [-0.05, 0) is 6.92 Å². The van der Waals surface area contributed by atoms with Crippen molar-refractivity contribution < 1.29 is 27.9 Å². The van der Waals surface area contributed by atoms with Crippen LogP contribution in [0.25, 0.3) is 0 Å². The molecule has 0 atom stereocenters. The van der Waals surface area contributed by atoms with Gasteiger partial charge in [-0.2, -0.15) is 13.2 Å². The summed E-state index contributed by atoms with van der Waals surface area (Å²) in [6, 6.07) is 0. The van der Waals surface area contributed by atoms with E-state index < -0.39 is 29.6 Å². The van der Waals surface area contributed by atoms with E-state index in [2.05, 4.69) is 4.98 Å². The zero-order valence-corrected chi connectivity index (χ0v) is 8.79. The molecule has 0 saturated carbocycles. The van der Waals surface area contributed by atoms with E-state index in [4.69, 9.17) is 5.11 Å². The van der Waals surface area contributed by atoms with E-state index in [1.54, 1.807) is 0 Å². The second-order valence-corrected chi connectivity index (χ2v) is 3.17. The molecule has 0 aliphatic carbocycles. The Morgan fingerprint density at radius 1 is 1.41 bits per heavy atom. The lowest BCUT2D eigenvalue weighted by Crippen LogP contribution is -2.30. The van der Waals surface area contributed by atoms with Crippen LogP contribution >= 0.6 is 0 Å². The number of carbonyl (C=O) groups excluding carboxylic acids is 1. The summed E-state index contributed by atoms with van der Waals surface area (Å²) >= 11 is 0. The number of halogens is 3. The van der Waals surface area contributed by atoms with E-state index in [0.29, 0.717) is 0 Å². The van der Waals surface area contributed by atoms with Crippen molar-refractivity contribution in [2.24, 2.45) is 7.05 Å². The summed E-state index contributed by atoms with van der Waals surface area (Å²) in [7, 11) is 1.31. The van der Waals surface area contributed by atoms with Crippen molar-refractivity contribution in [3.8, 4) is 0 Å². The van der Waals surface area contributed by atoms with Crippen LogP contribution in [0, 0.1) is 6.92 Å². The summed E-state index contributed by atoms with van der Waals surface area (Å²) < 4.78 is 37.0. The Balaban J connectivity index is 3.12. The largest absolute Gasteiger partial charge is 0.476 e. The molecule has 0 radical (unpaired) electrons. The number of nitrogens with zero attached hydrogens (tertiary/aromatic N) is 2. The number of carbonyl (C=O) groups is 2. The van der Waals surface area contributed by atoms with Crippen molar-refractivity contribution >= 4 is 17.7 Å². The third-order valence-electron chi connectivity index (χ3n) is 2.01. The molecule has 1 aromatic heterocycles. The zero-order chi connectivity index (χ0) is 13.4. The maximum Gasteiger partial charge on any atom is 0.471 e. The van der Waals surface area contributed by atoms with Gasteiger partial charge in [0.25, 0.3) is 0 Å². The van der Waals surface area contributed by atoms with E-state index in [1.165, 1.54) is 19.3 Å². The van der Waals surface area contributed by atoms with Crippen LogP contribution in [0.3, 0.4) is 0 Å². The van der Waals surface area contributed by atoms with Crippen LogP contribution in [0.1, 0.15) is 16.3 Å². The summed E-state index contributed by atoms with van der Waals surface area (Å²) in [5, 5.41) is 10.2. The van der Waals surface area contributed by atoms with Gasteiger partial charge in [-0.25, -0.2) is 9.78 Å². The van der Waals surface area contributed by atoms with E-state index in [1.807, 2.05) is 0 Å². The minimum atomic E-state index is -5.10. The highest BCUT2D eigenvalue weighted by Gasteiger charge is 2.40. The van der Waals surface area contributed by atoms with Gasteiger partial charge in [-0.3, -0.25) is 4.79 Å². The third kappa shape index (κ3) is 2.55. The Labute approximate surface area is 93.1 Å². The first-order valence-corrected chi connectivity index (χ1v) is 4.29. The summed E-state index contributed by atoms with van der Waals surface area (Å²) in [5.74, 6) is -4.21. The smallest absolute Gasteiger partial charge is 0.471 e. The number of alkyl halides is 3. The van der Waals surface area contributed by atoms with Gasteiger partial charge in [0.15, 0.2) is 11.5 Å². The highest BCUT2D eigenvalue weighted by Crippen LogP contribution is 2.20. The van der Waals surface area contributed by atoms with Crippen LogP contribution in [-0.2, 0) is 11.8 Å². The summed E-state index contributed by atoms with van der Waals surface area (Å²) in [6.45, 7) is 1.40. The lowest BCUT2D eigenvalue weighted by molar-refractivity contribution is -0.167. The molecular weight excluding hydrogens is 243 g/mol. The van der Waals surface area contributed by atoms with Gasteiger partial charge in [0.1, 0.15) is 5.82 Å². The van der Waals surface area contributed by atoms with Gasteiger partial charge in [-0.1, -0.05) is 0 Å². The van der Waals surface area contributed by atoms with Crippen LogP contribution in [0.5, 0.6) is 0 Å². The maximum absolute atomic E-state index is 12.0. The molecule has 6 nitrogen and oxygen atoms in total. The van der Waals surface area contributed by atoms with E-state index >= 15 is 0 Å². The van der Waals surface area contributed by atoms with Crippen LogP contribution in [-0.4, -0.2) is 32.7 Å². The van der Waals surface area contributed by atoms with E-state index in [0.717, 1.165) is 4.57 Å². The van der Waals surface area contributed by atoms with E-state index in [9.17, 15) is 22.8 Å². The van der Waals surface area contributed by atoms with Gasteiger partial charge >= 0.3 is 18.1 Å². The maximum atomic E-state index is 12.0. The number of aromatic nitrogens is 2. The lowest BCUT2D eigenvalue weighted by atomic mass is 10.4. The molecule has 94 valence electrons. The molecule has 0 saturated heterocycles. The molecule has 0 fully saturated rings. The monoisotopic (exact) mass is 251 g/mol. The molecule has 0 aliphatic heterocycles. The van der Waals surface area contributed by atoms with Gasteiger partial charge < -0.3 is 15.0 Å². The SMILES string of the molecule is Cc1nc(NC(=O)C(F)(F)F)c(C(=O)O)n1C. The highest BCUT2D eigenvalue weighted by atomic mass is 19.4. The normalized spacial score (nSPS) is 11.4. The summed E-state index contributed by atoms with van der Waals surface area (Å²) in [4.78, 5) is 25.0. The highest BCUT2D eigenvalue weighted by molar-refractivity contribution is 6.00. The number of imidazole rings is 1. The van der Waals surface area contributed by atoms with Crippen molar-refractivity contribution in [3.05, 3.63) is 11.5 Å². The number of hydrogen-bond acceptors (Lipinski definition) is 3. The van der Waals surface area contributed by atoms with Gasteiger partial charge in [-0.15, -0.1) is 0 Å². The number of anilines is 1. The lowest BCUT2D eigenvalue weighted by Gasteiger charge is -2.06. The fraction of sp³-hybridized carbons (Fsp3) is 0.375. The number of amides is 1. The second kappa shape index (κ2) is 4.07. The third-order valence-corrected chi connectivity index (χ3v) is 2.01. The minimum absolute atomic E-state index is 0.167. The first-order valence-electron chi connectivity index (χ1n) is 4.29. The number of hydrogen-bond donors (Lipinski definition) is 2. The summed E-state index contributed by atoms with van der Waals surface area (Å²) in [6.07, 6.45) is -5.10. The first-order chi connectivity index (χ1) is 7.64.